The van der Waals surface area contributed by atoms with E-state index in [1.807, 2.05) is 0 Å². The molecule has 1 unspecified atom stereocenters. The van der Waals surface area contributed by atoms with Gasteiger partial charge >= 0.3 is 0 Å². The summed E-state index contributed by atoms with van der Waals surface area (Å²) in [4.78, 5) is 31.7. The van der Waals surface area contributed by atoms with E-state index in [2.05, 4.69) is 20.6 Å². The van der Waals surface area contributed by atoms with Gasteiger partial charge in [-0.15, -0.1) is 0 Å². The molecule has 0 saturated heterocycles. The Morgan fingerprint density at radius 3 is 2.88 bits per heavy atom. The van der Waals surface area contributed by atoms with Crippen LogP contribution in [-0.4, -0.2) is 46.6 Å². The summed E-state index contributed by atoms with van der Waals surface area (Å²) in [6, 6.07) is 10.6. The number of imidazole rings is 1. The third-order valence-electron chi connectivity index (χ3n) is 3.82. The van der Waals surface area contributed by atoms with Gasteiger partial charge in [-0.1, -0.05) is 6.07 Å². The Bertz CT molecular complexity index is 938. The van der Waals surface area contributed by atoms with Crippen molar-refractivity contribution in [2.75, 3.05) is 19.0 Å². The molecule has 3 aromatic rings. The summed E-state index contributed by atoms with van der Waals surface area (Å²) >= 11 is 0. The molecule has 0 aliphatic rings. The molecule has 0 aliphatic carbocycles. The molecule has 0 fully saturated rings. The molecule has 8 heteroatoms. The highest BCUT2D eigenvalue weighted by Crippen LogP contribution is 2.17. The number of carbonyl (C=O) groups excluding carboxylic acids is 2. The van der Waals surface area contributed by atoms with Crippen LogP contribution >= 0.6 is 0 Å². The minimum atomic E-state index is -1.09. The first kappa shape index (κ1) is 17.4. The Hall–Kier alpha value is -3.39. The number of H-pyrrole nitrogens is 1. The largest absolute Gasteiger partial charge is 0.497 e. The molecule has 0 aliphatic heterocycles. The van der Waals surface area contributed by atoms with Crippen LogP contribution in [0.25, 0.3) is 11.0 Å². The van der Waals surface area contributed by atoms with Crippen molar-refractivity contribution in [1.82, 2.24) is 15.3 Å². The average molecular weight is 354 g/mol. The molecule has 134 valence electrons. The molecule has 26 heavy (non-hydrogen) atoms. The smallest absolute Gasteiger partial charge is 0.252 e. The number of carbonyl (C=O) groups is 2. The number of hydrogen-bond donors (Lipinski definition) is 4. The Balaban J connectivity index is 1.69. The van der Waals surface area contributed by atoms with Crippen molar-refractivity contribution < 1.29 is 19.4 Å². The molecule has 1 atom stereocenters. The Morgan fingerprint density at radius 1 is 1.27 bits per heavy atom. The van der Waals surface area contributed by atoms with Gasteiger partial charge in [0.15, 0.2) is 0 Å². The van der Waals surface area contributed by atoms with Crippen LogP contribution < -0.4 is 15.4 Å². The van der Waals surface area contributed by atoms with Crippen molar-refractivity contribution in [1.29, 1.82) is 0 Å². The van der Waals surface area contributed by atoms with Crippen LogP contribution in [0.4, 0.5) is 5.69 Å². The summed E-state index contributed by atoms with van der Waals surface area (Å²) in [6.07, 6.45) is 1.53. The first-order chi connectivity index (χ1) is 12.6. The zero-order chi connectivity index (χ0) is 18.5. The molecule has 4 N–H and O–H groups in total. The van der Waals surface area contributed by atoms with Gasteiger partial charge in [0, 0.05) is 17.3 Å². The van der Waals surface area contributed by atoms with Gasteiger partial charge in [-0.3, -0.25) is 9.59 Å². The summed E-state index contributed by atoms with van der Waals surface area (Å²) < 4.78 is 5.10. The van der Waals surface area contributed by atoms with Crippen molar-refractivity contribution in [3.63, 3.8) is 0 Å². The monoisotopic (exact) mass is 354 g/mol. The van der Waals surface area contributed by atoms with E-state index >= 15 is 0 Å². The number of aliphatic hydroxyl groups excluding tert-OH is 1. The number of fused-ring (bicyclic) bond motifs is 1. The number of nitrogens with one attached hydrogen (secondary N) is 3. The predicted molar refractivity (Wildman–Crippen MR) is 96.1 cm³/mol. The number of benzene rings is 2. The van der Waals surface area contributed by atoms with Gasteiger partial charge in [0.25, 0.3) is 5.91 Å². The van der Waals surface area contributed by atoms with Crippen LogP contribution in [0.3, 0.4) is 0 Å². The molecule has 3 rings (SSSR count). The van der Waals surface area contributed by atoms with E-state index in [4.69, 9.17) is 4.74 Å². The number of ether oxygens (including phenoxy) is 1. The summed E-state index contributed by atoms with van der Waals surface area (Å²) in [5.74, 6) is -0.418. The topological polar surface area (TPSA) is 116 Å². The minimum Gasteiger partial charge on any atom is -0.497 e. The fourth-order valence-corrected chi connectivity index (χ4v) is 2.44. The van der Waals surface area contributed by atoms with Gasteiger partial charge in [-0.05, 0) is 30.3 Å². The number of hydrogen-bond acceptors (Lipinski definition) is 5. The molecule has 0 radical (unpaired) electrons. The first-order valence-electron chi connectivity index (χ1n) is 7.90. The molecular formula is C18H18N4O4. The lowest BCUT2D eigenvalue weighted by Crippen LogP contribution is -2.46. The van der Waals surface area contributed by atoms with Gasteiger partial charge in [0.1, 0.15) is 11.8 Å². The molecule has 0 saturated carbocycles. The van der Waals surface area contributed by atoms with Crippen LogP contribution in [-0.2, 0) is 4.79 Å². The van der Waals surface area contributed by atoms with Crippen LogP contribution in [0.2, 0.25) is 0 Å². The second kappa shape index (κ2) is 7.66. The number of aromatic amines is 1. The number of anilines is 1. The number of nitrogens with zero attached hydrogens (tertiary/aromatic N) is 1. The Kier molecular flexibility index (Phi) is 5.14. The van der Waals surface area contributed by atoms with E-state index in [0.29, 0.717) is 22.5 Å². The summed E-state index contributed by atoms with van der Waals surface area (Å²) in [6.45, 7) is -0.534. The highest BCUT2D eigenvalue weighted by atomic mass is 16.5. The fraction of sp³-hybridized carbons (Fsp3) is 0.167. The Morgan fingerprint density at radius 2 is 2.12 bits per heavy atom. The van der Waals surface area contributed by atoms with Crippen molar-refractivity contribution in [2.45, 2.75) is 6.04 Å². The molecule has 8 nitrogen and oxygen atoms in total. The van der Waals surface area contributed by atoms with Gasteiger partial charge in [0.05, 0.1) is 31.1 Å². The van der Waals surface area contributed by atoms with Gasteiger partial charge in [-0.2, -0.15) is 0 Å². The van der Waals surface area contributed by atoms with Crippen LogP contribution in [0.1, 0.15) is 10.4 Å². The third kappa shape index (κ3) is 3.81. The van der Waals surface area contributed by atoms with Gasteiger partial charge < -0.3 is 25.5 Å². The maximum Gasteiger partial charge on any atom is 0.252 e. The van der Waals surface area contributed by atoms with Gasteiger partial charge in [-0.25, -0.2) is 4.98 Å². The summed E-state index contributed by atoms with van der Waals surface area (Å²) in [5.41, 5.74) is 2.30. The number of rotatable bonds is 6. The lowest BCUT2D eigenvalue weighted by atomic mass is 10.1. The summed E-state index contributed by atoms with van der Waals surface area (Å²) in [7, 11) is 1.52. The van der Waals surface area contributed by atoms with Crippen LogP contribution in [0, 0.1) is 0 Å². The van der Waals surface area contributed by atoms with Crippen molar-refractivity contribution in [3.05, 3.63) is 54.4 Å². The SMILES string of the molecule is COc1cccc(NC(=O)C(CO)NC(=O)c2ccc3nc[nH]c3c2)c1. The number of aromatic nitrogens is 2. The molecule has 1 heterocycles. The standard InChI is InChI=1S/C18H18N4O4/c1-26-13-4-2-3-12(8-13)21-18(25)16(9-23)22-17(24)11-5-6-14-15(7-11)20-10-19-14/h2-8,10,16,23H,9H2,1H3,(H,19,20)(H,21,25)(H,22,24). The fourth-order valence-electron chi connectivity index (χ4n) is 2.44. The molecule has 0 bridgehead atoms. The first-order valence-corrected chi connectivity index (χ1v) is 7.90. The van der Waals surface area contributed by atoms with E-state index in [1.165, 1.54) is 13.4 Å². The number of methoxy groups -OCH3 is 1. The second-order valence-corrected chi connectivity index (χ2v) is 5.56. The van der Waals surface area contributed by atoms with Gasteiger partial charge in [0.2, 0.25) is 5.91 Å². The van der Waals surface area contributed by atoms with E-state index in [-0.39, 0.29) is 0 Å². The normalized spacial score (nSPS) is 11.8. The van der Waals surface area contributed by atoms with E-state index < -0.39 is 24.5 Å². The molecule has 1 aromatic heterocycles. The lowest BCUT2D eigenvalue weighted by Gasteiger charge is -2.16. The zero-order valence-electron chi connectivity index (χ0n) is 14.0. The molecule has 2 aromatic carbocycles. The quantitative estimate of drug-likeness (QED) is 0.532. The number of aliphatic hydroxyl groups is 1. The maximum atomic E-state index is 12.4. The molecular weight excluding hydrogens is 336 g/mol. The number of amides is 2. The highest BCUT2D eigenvalue weighted by molar-refractivity contribution is 6.02. The molecule has 2 amide bonds. The van der Waals surface area contributed by atoms with E-state index in [9.17, 15) is 14.7 Å². The Labute approximate surface area is 149 Å². The zero-order valence-corrected chi connectivity index (χ0v) is 14.0. The molecule has 0 spiro atoms. The van der Waals surface area contributed by atoms with Crippen LogP contribution in [0.5, 0.6) is 5.75 Å². The van der Waals surface area contributed by atoms with E-state index in [0.717, 1.165) is 5.52 Å². The van der Waals surface area contributed by atoms with Crippen molar-refractivity contribution in [2.24, 2.45) is 0 Å². The summed E-state index contributed by atoms with van der Waals surface area (Å²) in [5, 5.41) is 14.7. The highest BCUT2D eigenvalue weighted by Gasteiger charge is 2.21. The van der Waals surface area contributed by atoms with Crippen molar-refractivity contribution in [3.8, 4) is 5.75 Å². The maximum absolute atomic E-state index is 12.4. The lowest BCUT2D eigenvalue weighted by molar-refractivity contribution is -0.118. The van der Waals surface area contributed by atoms with Crippen LogP contribution in [0.15, 0.2) is 48.8 Å². The third-order valence-corrected chi connectivity index (χ3v) is 3.82. The minimum absolute atomic E-state index is 0.356. The average Bonchev–Trinajstić information content (AvgIpc) is 3.13. The second-order valence-electron chi connectivity index (χ2n) is 5.56. The van der Waals surface area contributed by atoms with Crippen molar-refractivity contribution >= 4 is 28.5 Å². The predicted octanol–water partition coefficient (Wildman–Crippen LogP) is 1.30. The van der Waals surface area contributed by atoms with E-state index in [1.54, 1.807) is 42.5 Å².